The van der Waals surface area contributed by atoms with Crippen molar-refractivity contribution in [1.82, 2.24) is 4.90 Å². The number of halogens is 3. The highest BCUT2D eigenvalue weighted by Gasteiger charge is 2.30. The highest BCUT2D eigenvalue weighted by Crippen LogP contribution is 2.29. The van der Waals surface area contributed by atoms with Crippen molar-refractivity contribution in [3.8, 4) is 0 Å². The number of nitrogens with zero attached hydrogens (tertiary/aromatic N) is 2. The van der Waals surface area contributed by atoms with Crippen molar-refractivity contribution in [1.29, 1.82) is 0 Å². The monoisotopic (exact) mass is 338 g/mol. The lowest BCUT2D eigenvalue weighted by molar-refractivity contribution is -0.384. The average molecular weight is 338 g/mol. The van der Waals surface area contributed by atoms with Gasteiger partial charge in [0.15, 0.2) is 0 Å². The number of amides is 1. The molecule has 0 aliphatic rings. The Morgan fingerprint density at radius 3 is 2.08 bits per heavy atom. The van der Waals surface area contributed by atoms with E-state index in [4.69, 9.17) is 0 Å². The van der Waals surface area contributed by atoms with Crippen molar-refractivity contribution < 1.29 is 22.9 Å². The number of nitro groups is 1. The maximum atomic E-state index is 12.5. The van der Waals surface area contributed by atoms with Crippen LogP contribution in [0.1, 0.15) is 21.5 Å². The summed E-state index contributed by atoms with van der Waals surface area (Å²) in [6.45, 7) is 0.119. The van der Waals surface area contributed by atoms with Crippen molar-refractivity contribution in [2.45, 2.75) is 12.7 Å². The van der Waals surface area contributed by atoms with E-state index < -0.39 is 16.7 Å². The maximum absolute atomic E-state index is 12.5. The van der Waals surface area contributed by atoms with E-state index in [0.717, 1.165) is 12.1 Å². The number of carbonyl (C=O) groups excluding carboxylic acids is 1. The van der Waals surface area contributed by atoms with E-state index in [1.165, 1.54) is 48.3 Å². The van der Waals surface area contributed by atoms with Gasteiger partial charge in [-0.25, -0.2) is 0 Å². The summed E-state index contributed by atoms with van der Waals surface area (Å²) in [4.78, 5) is 23.6. The lowest BCUT2D eigenvalue weighted by Gasteiger charge is -2.17. The molecule has 1 amide bonds. The molecule has 126 valence electrons. The minimum absolute atomic E-state index is 0.119. The molecule has 0 aromatic heterocycles. The quantitative estimate of drug-likeness (QED) is 0.628. The second-order valence-electron chi connectivity index (χ2n) is 5.16. The lowest BCUT2D eigenvalue weighted by atomic mass is 10.1. The van der Waals surface area contributed by atoms with Crippen LogP contribution in [0.2, 0.25) is 0 Å². The minimum Gasteiger partial charge on any atom is -0.337 e. The third-order valence-electron chi connectivity index (χ3n) is 3.37. The van der Waals surface area contributed by atoms with Crippen LogP contribution in [-0.4, -0.2) is 22.8 Å². The Hall–Kier alpha value is -2.90. The third-order valence-corrected chi connectivity index (χ3v) is 3.37. The van der Waals surface area contributed by atoms with Crippen molar-refractivity contribution >= 4 is 11.6 Å². The molecule has 2 aromatic rings. The van der Waals surface area contributed by atoms with Crippen LogP contribution >= 0.6 is 0 Å². The molecule has 5 nitrogen and oxygen atoms in total. The van der Waals surface area contributed by atoms with Crippen LogP contribution in [-0.2, 0) is 12.7 Å². The van der Waals surface area contributed by atoms with Crippen LogP contribution < -0.4 is 0 Å². The Bertz CT molecular complexity index is 741. The summed E-state index contributed by atoms with van der Waals surface area (Å²) in [6.07, 6.45) is -4.40. The molecule has 0 bridgehead atoms. The van der Waals surface area contributed by atoms with Crippen LogP contribution in [0.3, 0.4) is 0 Å². The summed E-state index contributed by atoms with van der Waals surface area (Å²) in [5.74, 6) is -0.384. The van der Waals surface area contributed by atoms with Crippen molar-refractivity contribution in [3.63, 3.8) is 0 Å². The predicted octanol–water partition coefficient (Wildman–Crippen LogP) is 3.89. The van der Waals surface area contributed by atoms with Crippen LogP contribution in [0.15, 0.2) is 48.5 Å². The first kappa shape index (κ1) is 17.5. The van der Waals surface area contributed by atoms with Gasteiger partial charge in [0.25, 0.3) is 11.6 Å². The molecule has 0 N–H and O–H groups in total. The second kappa shape index (κ2) is 6.69. The summed E-state index contributed by atoms with van der Waals surface area (Å²) >= 11 is 0. The van der Waals surface area contributed by atoms with Gasteiger partial charge in [0.05, 0.1) is 10.5 Å². The second-order valence-corrected chi connectivity index (χ2v) is 5.16. The topological polar surface area (TPSA) is 63.5 Å². The van der Waals surface area contributed by atoms with Crippen LogP contribution in [0, 0.1) is 10.1 Å². The van der Waals surface area contributed by atoms with Gasteiger partial charge in [-0.1, -0.05) is 12.1 Å². The van der Waals surface area contributed by atoms with E-state index >= 15 is 0 Å². The summed E-state index contributed by atoms with van der Waals surface area (Å²) in [5, 5.41) is 10.6. The molecule has 8 heteroatoms. The SMILES string of the molecule is CN(Cc1ccc(C(F)(F)F)cc1)C(=O)c1ccc([N+](=O)[O-])cc1. The Morgan fingerprint density at radius 1 is 1.08 bits per heavy atom. The molecule has 2 rings (SSSR count). The van der Waals surface area contributed by atoms with Crippen molar-refractivity contribution in [2.24, 2.45) is 0 Å². The molecule has 0 unspecified atom stereocenters. The molecule has 0 atom stereocenters. The fourth-order valence-electron chi connectivity index (χ4n) is 2.09. The van der Waals surface area contributed by atoms with E-state index in [1.54, 1.807) is 0 Å². The van der Waals surface area contributed by atoms with E-state index in [9.17, 15) is 28.1 Å². The first-order chi connectivity index (χ1) is 11.2. The van der Waals surface area contributed by atoms with Gasteiger partial charge in [-0.05, 0) is 29.8 Å². The number of hydrogen-bond acceptors (Lipinski definition) is 3. The molecular formula is C16H13F3N2O3. The molecule has 2 aromatic carbocycles. The fraction of sp³-hybridized carbons (Fsp3) is 0.188. The van der Waals surface area contributed by atoms with E-state index in [1.807, 2.05) is 0 Å². The molecule has 0 aliphatic heterocycles. The highest BCUT2D eigenvalue weighted by atomic mass is 19.4. The number of hydrogen-bond donors (Lipinski definition) is 0. The molecule has 0 aliphatic carbocycles. The number of non-ortho nitro benzene ring substituents is 1. The Balaban J connectivity index is 2.07. The first-order valence-corrected chi connectivity index (χ1v) is 6.84. The van der Waals surface area contributed by atoms with Crippen molar-refractivity contribution in [2.75, 3.05) is 7.05 Å². The normalized spacial score (nSPS) is 11.2. The van der Waals surface area contributed by atoms with Gasteiger partial charge in [0.2, 0.25) is 0 Å². The van der Waals surface area contributed by atoms with E-state index in [0.29, 0.717) is 5.56 Å². The zero-order valence-corrected chi connectivity index (χ0v) is 12.6. The molecule has 0 radical (unpaired) electrons. The summed E-state index contributed by atoms with van der Waals surface area (Å²) in [6, 6.07) is 9.65. The van der Waals surface area contributed by atoms with Gasteiger partial charge in [0.1, 0.15) is 0 Å². The predicted molar refractivity (Wildman–Crippen MR) is 80.3 cm³/mol. The number of nitro benzene ring substituents is 1. The molecule has 24 heavy (non-hydrogen) atoms. The fourth-order valence-corrected chi connectivity index (χ4v) is 2.09. The maximum Gasteiger partial charge on any atom is 0.416 e. The summed E-state index contributed by atoms with van der Waals surface area (Å²) in [7, 11) is 1.50. The Morgan fingerprint density at radius 2 is 1.62 bits per heavy atom. The van der Waals surface area contributed by atoms with Crippen LogP contribution in [0.4, 0.5) is 18.9 Å². The largest absolute Gasteiger partial charge is 0.416 e. The molecular weight excluding hydrogens is 325 g/mol. The van der Waals surface area contributed by atoms with E-state index in [2.05, 4.69) is 0 Å². The molecule has 0 fully saturated rings. The number of carbonyl (C=O) groups is 1. The van der Waals surface area contributed by atoms with Gasteiger partial charge in [0, 0.05) is 31.3 Å². The number of benzene rings is 2. The van der Waals surface area contributed by atoms with Gasteiger partial charge in [-0.15, -0.1) is 0 Å². The molecule has 0 saturated carbocycles. The number of alkyl halides is 3. The van der Waals surface area contributed by atoms with Crippen molar-refractivity contribution in [3.05, 3.63) is 75.3 Å². The van der Waals surface area contributed by atoms with E-state index in [-0.39, 0.29) is 23.7 Å². The molecule has 0 spiro atoms. The standard InChI is InChI=1S/C16H13F3N2O3/c1-20(10-11-2-6-13(7-3-11)16(17,18)19)15(22)12-4-8-14(9-5-12)21(23)24/h2-9H,10H2,1H3. The zero-order valence-electron chi connectivity index (χ0n) is 12.6. The lowest BCUT2D eigenvalue weighted by Crippen LogP contribution is -2.26. The first-order valence-electron chi connectivity index (χ1n) is 6.84. The summed E-state index contributed by atoms with van der Waals surface area (Å²) in [5.41, 5.74) is -0.0803. The molecule has 0 heterocycles. The van der Waals surface area contributed by atoms with Gasteiger partial charge in [-0.3, -0.25) is 14.9 Å². The molecule has 0 saturated heterocycles. The van der Waals surface area contributed by atoms with Gasteiger partial charge in [-0.2, -0.15) is 13.2 Å². The summed E-state index contributed by atoms with van der Waals surface area (Å²) < 4.78 is 37.5. The average Bonchev–Trinajstić information content (AvgIpc) is 2.54. The minimum atomic E-state index is -4.40. The third kappa shape index (κ3) is 4.09. The Kier molecular flexibility index (Phi) is 4.87. The smallest absolute Gasteiger partial charge is 0.337 e. The Labute approximate surface area is 135 Å². The zero-order chi connectivity index (χ0) is 17.9. The highest BCUT2D eigenvalue weighted by molar-refractivity contribution is 5.94. The van der Waals surface area contributed by atoms with Gasteiger partial charge >= 0.3 is 6.18 Å². The van der Waals surface area contributed by atoms with Crippen LogP contribution in [0.25, 0.3) is 0 Å². The van der Waals surface area contributed by atoms with Crippen LogP contribution in [0.5, 0.6) is 0 Å². The van der Waals surface area contributed by atoms with Gasteiger partial charge < -0.3 is 4.90 Å². The number of rotatable bonds is 4.